The van der Waals surface area contributed by atoms with E-state index in [1.165, 1.54) is 12.1 Å². The number of ether oxygens (including phenoxy) is 1. The first-order chi connectivity index (χ1) is 11.0. The molecule has 0 aromatic heterocycles. The Kier molecular flexibility index (Phi) is 5.87. The molecule has 1 fully saturated rings. The molecule has 6 heteroatoms. The summed E-state index contributed by atoms with van der Waals surface area (Å²) < 4.78 is 19.6. The van der Waals surface area contributed by atoms with Crippen molar-refractivity contribution in [1.29, 1.82) is 0 Å². The summed E-state index contributed by atoms with van der Waals surface area (Å²) >= 11 is 0. The third kappa shape index (κ3) is 4.39. The number of morpholine rings is 1. The number of aliphatic imine (C=N–C) groups is 1. The highest BCUT2D eigenvalue weighted by Gasteiger charge is 2.16. The molecular weight excluding hydrogens is 297 g/mol. The number of aldehydes is 1. The number of carbonyl (C=O) groups excluding carboxylic acids is 1. The first-order valence-electron chi connectivity index (χ1n) is 7.56. The van der Waals surface area contributed by atoms with Gasteiger partial charge in [-0.05, 0) is 38.1 Å². The van der Waals surface area contributed by atoms with E-state index in [1.54, 1.807) is 31.9 Å². The zero-order chi connectivity index (χ0) is 16.8. The molecule has 1 aromatic rings. The second-order valence-corrected chi connectivity index (χ2v) is 5.40. The van der Waals surface area contributed by atoms with E-state index < -0.39 is 0 Å². The lowest BCUT2D eigenvalue weighted by atomic mass is 10.2. The van der Waals surface area contributed by atoms with Crippen LogP contribution in [-0.4, -0.2) is 45.5 Å². The highest BCUT2D eigenvalue weighted by atomic mass is 19.1. The fourth-order valence-electron chi connectivity index (χ4n) is 2.42. The third-order valence-electron chi connectivity index (χ3n) is 3.80. The van der Waals surface area contributed by atoms with Crippen molar-refractivity contribution in [2.24, 2.45) is 4.99 Å². The minimum Gasteiger partial charge on any atom is -0.378 e. The average Bonchev–Trinajstić information content (AvgIpc) is 2.55. The van der Waals surface area contributed by atoms with Gasteiger partial charge in [-0.3, -0.25) is 4.79 Å². The quantitative estimate of drug-likeness (QED) is 0.370. The van der Waals surface area contributed by atoms with Crippen LogP contribution < -0.4 is 9.80 Å². The molecule has 1 saturated heterocycles. The van der Waals surface area contributed by atoms with Crippen LogP contribution in [0.25, 0.3) is 0 Å². The van der Waals surface area contributed by atoms with Crippen LogP contribution in [0.2, 0.25) is 0 Å². The van der Waals surface area contributed by atoms with Crippen molar-refractivity contribution in [3.8, 4) is 0 Å². The number of benzene rings is 1. The van der Waals surface area contributed by atoms with Crippen molar-refractivity contribution in [3.05, 3.63) is 35.8 Å². The van der Waals surface area contributed by atoms with E-state index in [1.807, 2.05) is 6.07 Å². The third-order valence-corrected chi connectivity index (χ3v) is 3.80. The normalized spacial score (nSPS) is 16.4. The fraction of sp³-hybridized carbons (Fsp3) is 0.412. The van der Waals surface area contributed by atoms with Gasteiger partial charge in [0.05, 0.1) is 18.9 Å². The Labute approximate surface area is 136 Å². The molecule has 0 atom stereocenters. The van der Waals surface area contributed by atoms with Crippen LogP contribution in [-0.2, 0) is 9.53 Å². The lowest BCUT2D eigenvalue weighted by Gasteiger charge is -2.30. The second-order valence-electron chi connectivity index (χ2n) is 5.40. The van der Waals surface area contributed by atoms with Crippen LogP contribution >= 0.6 is 0 Å². The minimum absolute atomic E-state index is 0.309. The second kappa shape index (κ2) is 7.87. The summed E-state index contributed by atoms with van der Waals surface area (Å²) in [5.41, 5.74) is 1.99. The molecule has 5 nitrogen and oxygen atoms in total. The van der Waals surface area contributed by atoms with Crippen LogP contribution in [0.1, 0.15) is 13.8 Å². The number of hydrogen-bond donors (Lipinski definition) is 0. The first kappa shape index (κ1) is 17.1. The van der Waals surface area contributed by atoms with Crippen molar-refractivity contribution >= 4 is 23.5 Å². The maximum absolute atomic E-state index is 14.2. The fourth-order valence-corrected chi connectivity index (χ4v) is 2.42. The number of hydrogen-bond acceptors (Lipinski definition) is 4. The number of rotatable bonds is 4. The largest absolute Gasteiger partial charge is 0.378 e. The van der Waals surface area contributed by atoms with Crippen molar-refractivity contribution in [1.82, 2.24) is 0 Å². The zero-order valence-electron chi connectivity index (χ0n) is 13.8. The number of carbonyl (C=O) groups is 1. The van der Waals surface area contributed by atoms with Gasteiger partial charge in [0.2, 0.25) is 0 Å². The molecule has 1 aliphatic rings. The molecule has 0 unspecified atom stereocenters. The van der Waals surface area contributed by atoms with E-state index in [0.717, 1.165) is 18.8 Å². The summed E-state index contributed by atoms with van der Waals surface area (Å²) in [6.07, 6.45) is 2.06. The van der Waals surface area contributed by atoms with Crippen molar-refractivity contribution < 1.29 is 13.9 Å². The number of allylic oxidation sites excluding steroid dienone is 2. The Morgan fingerprint density at radius 2 is 2.04 bits per heavy atom. The van der Waals surface area contributed by atoms with E-state index in [0.29, 0.717) is 36.7 Å². The van der Waals surface area contributed by atoms with E-state index in [-0.39, 0.29) is 5.82 Å². The monoisotopic (exact) mass is 319 g/mol. The van der Waals surface area contributed by atoms with Gasteiger partial charge in [-0.15, -0.1) is 0 Å². The van der Waals surface area contributed by atoms with Gasteiger partial charge in [-0.25, -0.2) is 9.38 Å². The molecule has 1 aromatic carbocycles. The molecule has 23 heavy (non-hydrogen) atoms. The summed E-state index contributed by atoms with van der Waals surface area (Å²) in [6.45, 7) is 6.46. The van der Waals surface area contributed by atoms with Gasteiger partial charge in [0, 0.05) is 31.5 Å². The number of nitrogens with zero attached hydrogens (tertiary/aromatic N) is 3. The molecule has 0 bridgehead atoms. The van der Waals surface area contributed by atoms with Crippen LogP contribution in [0.3, 0.4) is 0 Å². The topological polar surface area (TPSA) is 45.1 Å². The molecule has 0 aliphatic carbocycles. The van der Waals surface area contributed by atoms with Gasteiger partial charge in [0.1, 0.15) is 17.9 Å². The smallest absolute Gasteiger partial charge is 0.147 e. The summed E-state index contributed by atoms with van der Waals surface area (Å²) in [5.74, 6) is 0.301. The number of halogens is 1. The maximum atomic E-state index is 14.2. The lowest BCUT2D eigenvalue weighted by molar-refractivity contribution is -0.104. The van der Waals surface area contributed by atoms with Gasteiger partial charge in [0.15, 0.2) is 0 Å². The van der Waals surface area contributed by atoms with Crippen molar-refractivity contribution in [3.63, 3.8) is 0 Å². The summed E-state index contributed by atoms with van der Waals surface area (Å²) in [7, 11) is 1.76. The molecule has 0 saturated carbocycles. The zero-order valence-corrected chi connectivity index (χ0v) is 13.8. The van der Waals surface area contributed by atoms with Gasteiger partial charge < -0.3 is 14.5 Å². The number of amidine groups is 1. The molecule has 0 spiro atoms. The summed E-state index contributed by atoms with van der Waals surface area (Å²) in [6, 6.07) is 5.07. The Morgan fingerprint density at radius 3 is 2.70 bits per heavy atom. The molecule has 1 aliphatic heterocycles. The van der Waals surface area contributed by atoms with Crippen LogP contribution in [0.15, 0.2) is 35.0 Å². The minimum atomic E-state index is -0.309. The molecule has 0 N–H and O–H groups in total. The first-order valence-corrected chi connectivity index (χ1v) is 7.56. The highest BCUT2D eigenvalue weighted by molar-refractivity contribution is 5.96. The van der Waals surface area contributed by atoms with Gasteiger partial charge in [-0.1, -0.05) is 0 Å². The van der Waals surface area contributed by atoms with Crippen molar-refractivity contribution in [2.45, 2.75) is 13.8 Å². The van der Waals surface area contributed by atoms with Crippen molar-refractivity contribution in [2.75, 3.05) is 43.2 Å². The van der Waals surface area contributed by atoms with Gasteiger partial charge in [0.25, 0.3) is 0 Å². The molecule has 124 valence electrons. The Balaban J connectivity index is 2.26. The lowest BCUT2D eigenvalue weighted by Crippen LogP contribution is -2.36. The standard InChI is InChI=1S/C17H22FN3O2/c1-13(6-9-22)19-14(2)20(3)17-12-15(4-5-16(17)18)21-7-10-23-11-8-21/h4-6,9,12H,7-8,10-11H2,1-3H3/b13-6-,19-14?. The molecular formula is C17H22FN3O2. The summed E-state index contributed by atoms with van der Waals surface area (Å²) in [5, 5.41) is 0. The van der Waals surface area contributed by atoms with Crippen LogP contribution in [0.5, 0.6) is 0 Å². The molecule has 0 radical (unpaired) electrons. The molecule has 2 rings (SSSR count). The predicted octanol–water partition coefficient (Wildman–Crippen LogP) is 2.62. The molecule has 0 amide bonds. The van der Waals surface area contributed by atoms with Gasteiger partial charge >= 0.3 is 0 Å². The van der Waals surface area contributed by atoms with Crippen LogP contribution in [0.4, 0.5) is 15.8 Å². The van der Waals surface area contributed by atoms with Gasteiger partial charge in [-0.2, -0.15) is 0 Å². The Bertz CT molecular complexity index is 622. The van der Waals surface area contributed by atoms with E-state index in [2.05, 4.69) is 9.89 Å². The average molecular weight is 319 g/mol. The van der Waals surface area contributed by atoms with E-state index >= 15 is 0 Å². The van der Waals surface area contributed by atoms with E-state index in [4.69, 9.17) is 4.74 Å². The maximum Gasteiger partial charge on any atom is 0.147 e. The number of anilines is 2. The Hall–Kier alpha value is -2.21. The summed E-state index contributed by atoms with van der Waals surface area (Å²) in [4.78, 5) is 18.6. The van der Waals surface area contributed by atoms with E-state index in [9.17, 15) is 9.18 Å². The van der Waals surface area contributed by atoms with Crippen LogP contribution in [0, 0.1) is 5.82 Å². The Morgan fingerprint density at radius 1 is 1.35 bits per heavy atom. The SMILES string of the molecule is CC(=N/C(C)=C\C=O)N(C)c1cc(N2CCOCC2)ccc1F. The predicted molar refractivity (Wildman–Crippen MR) is 90.8 cm³/mol. The highest BCUT2D eigenvalue weighted by Crippen LogP contribution is 2.26. The molecule has 1 heterocycles.